The van der Waals surface area contributed by atoms with Gasteiger partial charge in [0.25, 0.3) is 0 Å². The lowest BCUT2D eigenvalue weighted by Gasteiger charge is -2.45. The Morgan fingerprint density at radius 2 is 1.48 bits per heavy atom. The highest BCUT2D eigenvalue weighted by Crippen LogP contribution is 2.47. The predicted molar refractivity (Wildman–Crippen MR) is 209 cm³/mol. The fourth-order valence-corrected chi connectivity index (χ4v) is 20.6. The Bertz CT molecular complexity index is 1510. The third-order valence-electron chi connectivity index (χ3n) is 10.8. The van der Waals surface area contributed by atoms with Crippen molar-refractivity contribution in [2.45, 2.75) is 146 Å². The number of nitrogens with zero attached hydrogens (tertiary/aromatic N) is 4. The molecular formula is C37H61N5O5SSi2. The predicted octanol–water partition coefficient (Wildman–Crippen LogP) is 9.40. The number of anilines is 1. The molecule has 3 aromatic rings. The maximum atomic E-state index is 12.5. The largest absolute Gasteiger partial charge is 0.461 e. The molecule has 1 aromatic carbocycles. The minimum Gasteiger partial charge on any atom is -0.461 e. The van der Waals surface area contributed by atoms with Gasteiger partial charge in [0.1, 0.15) is 29.9 Å². The normalized spacial score (nSPS) is 19.0. The number of benzene rings is 1. The Hall–Kier alpha value is -2.30. The molecule has 1 aliphatic rings. The van der Waals surface area contributed by atoms with Gasteiger partial charge in [0.2, 0.25) is 8.32 Å². The van der Waals surface area contributed by atoms with E-state index in [1.54, 1.807) is 12.1 Å². The van der Waals surface area contributed by atoms with Gasteiger partial charge < -0.3 is 24.1 Å². The van der Waals surface area contributed by atoms with Gasteiger partial charge in [-0.05, 0) is 45.4 Å². The summed E-state index contributed by atoms with van der Waals surface area (Å²) in [4.78, 5) is 21.4. The van der Waals surface area contributed by atoms with Crippen LogP contribution in [-0.4, -0.2) is 73.5 Å². The first-order chi connectivity index (χ1) is 23.6. The van der Waals surface area contributed by atoms with Crippen LogP contribution in [0.5, 0.6) is 0 Å². The maximum absolute atomic E-state index is 12.5. The zero-order chi connectivity index (χ0) is 37.0. The summed E-state index contributed by atoms with van der Waals surface area (Å²) in [5.74, 6) is 0.485. The van der Waals surface area contributed by atoms with Crippen LogP contribution in [0.2, 0.25) is 33.2 Å². The van der Waals surface area contributed by atoms with Crippen molar-refractivity contribution in [3.8, 4) is 0 Å². The van der Waals surface area contributed by atoms with Crippen molar-refractivity contribution in [3.05, 3.63) is 42.2 Å². The van der Waals surface area contributed by atoms with Crippen molar-refractivity contribution in [1.82, 2.24) is 19.7 Å². The van der Waals surface area contributed by atoms with Gasteiger partial charge in [-0.1, -0.05) is 101 Å². The smallest absolute Gasteiger partial charge is 0.338 e. The fraction of sp³-hybridized carbons (Fsp3) is 0.676. The number of hydrogen-bond acceptors (Lipinski definition) is 10. The summed E-state index contributed by atoms with van der Waals surface area (Å²) < 4.78 is 29.0. The molecule has 1 fully saturated rings. The number of thioether (sulfide) groups is 1. The third-order valence-corrected chi connectivity index (χ3v) is 23.9. The van der Waals surface area contributed by atoms with Crippen molar-refractivity contribution in [2.24, 2.45) is 0 Å². The molecule has 3 atom stereocenters. The molecule has 0 spiro atoms. The first-order valence-corrected chi connectivity index (χ1v) is 23.6. The second-order valence-electron chi connectivity index (χ2n) is 15.5. The lowest BCUT2D eigenvalue weighted by molar-refractivity contribution is -0.0438. The molecule has 0 saturated carbocycles. The SMILES string of the molecule is CC(C)[Si](OC[C@H]1O[C@@H](n2nc(SCCOC(=O)c3ccccc3)c3c(N)ncnc32)C[C@@H]1O[Si](C(C)C)(C(C)C)C(C)C)(C(C)C)C(C)C. The number of nitrogen functional groups attached to an aromatic ring is 1. The molecule has 0 bridgehead atoms. The molecular weight excluding hydrogens is 683 g/mol. The van der Waals surface area contributed by atoms with Gasteiger partial charge in [-0.15, -0.1) is 11.8 Å². The molecule has 4 rings (SSSR count). The number of esters is 1. The van der Waals surface area contributed by atoms with Crippen LogP contribution in [0, 0.1) is 0 Å². The van der Waals surface area contributed by atoms with Gasteiger partial charge in [-0.3, -0.25) is 0 Å². The van der Waals surface area contributed by atoms with Crippen LogP contribution < -0.4 is 5.73 Å². The Labute approximate surface area is 306 Å². The van der Waals surface area contributed by atoms with E-state index >= 15 is 0 Å². The number of hydrogen-bond donors (Lipinski definition) is 1. The molecule has 1 aliphatic heterocycles. The third kappa shape index (κ3) is 8.17. The molecule has 0 unspecified atom stereocenters. The number of carbonyl (C=O) groups excluding carboxylic acids is 1. The van der Waals surface area contributed by atoms with E-state index in [1.807, 2.05) is 22.9 Å². The van der Waals surface area contributed by atoms with Crippen molar-refractivity contribution in [3.63, 3.8) is 0 Å². The van der Waals surface area contributed by atoms with Crippen molar-refractivity contribution >= 4 is 51.2 Å². The topological polar surface area (TPSA) is 124 Å². The summed E-state index contributed by atoms with van der Waals surface area (Å²) in [6.07, 6.45) is 1.23. The second-order valence-corrected chi connectivity index (χ2v) is 27.5. The summed E-state index contributed by atoms with van der Waals surface area (Å²) in [5, 5.41) is 6.38. The number of fused-ring (bicyclic) bond motifs is 1. The van der Waals surface area contributed by atoms with Gasteiger partial charge >= 0.3 is 5.97 Å². The average Bonchev–Trinajstić information content (AvgIpc) is 3.63. The second kappa shape index (κ2) is 17.0. The zero-order valence-electron chi connectivity index (χ0n) is 32.3. The Morgan fingerprint density at radius 1 is 0.900 bits per heavy atom. The summed E-state index contributed by atoms with van der Waals surface area (Å²) in [6.45, 7) is 28.5. The molecule has 0 radical (unpaired) electrons. The molecule has 0 aliphatic carbocycles. The molecule has 10 nitrogen and oxygen atoms in total. The lowest BCUT2D eigenvalue weighted by atomic mass is 10.2. The highest BCUT2D eigenvalue weighted by atomic mass is 32.2. The van der Waals surface area contributed by atoms with E-state index < -0.39 is 22.9 Å². The molecule has 278 valence electrons. The molecule has 13 heteroatoms. The molecule has 3 heterocycles. The van der Waals surface area contributed by atoms with Crippen LogP contribution in [0.4, 0.5) is 5.82 Å². The van der Waals surface area contributed by atoms with Crippen LogP contribution in [0.3, 0.4) is 0 Å². The first-order valence-electron chi connectivity index (χ1n) is 18.4. The van der Waals surface area contributed by atoms with Crippen LogP contribution >= 0.6 is 11.8 Å². The minimum atomic E-state index is -2.26. The van der Waals surface area contributed by atoms with Gasteiger partial charge in [0, 0.05) is 12.2 Å². The Balaban J connectivity index is 1.65. The highest BCUT2D eigenvalue weighted by Gasteiger charge is 2.52. The van der Waals surface area contributed by atoms with E-state index in [0.29, 0.717) is 79.5 Å². The molecule has 2 N–H and O–H groups in total. The fourth-order valence-electron chi connectivity index (χ4n) is 8.72. The minimum absolute atomic E-state index is 0.163. The van der Waals surface area contributed by atoms with E-state index in [2.05, 4.69) is 93.1 Å². The lowest BCUT2D eigenvalue weighted by Crippen LogP contribution is -2.53. The Kier molecular flexibility index (Phi) is 13.8. The number of ether oxygens (including phenoxy) is 2. The van der Waals surface area contributed by atoms with E-state index in [-0.39, 0.29) is 24.8 Å². The highest BCUT2D eigenvalue weighted by molar-refractivity contribution is 7.99. The van der Waals surface area contributed by atoms with Crippen LogP contribution in [0.15, 0.2) is 41.7 Å². The summed E-state index contributed by atoms with van der Waals surface area (Å²) >= 11 is 1.46. The van der Waals surface area contributed by atoms with Crippen LogP contribution in [-0.2, 0) is 18.3 Å². The van der Waals surface area contributed by atoms with E-state index in [1.165, 1.54) is 18.1 Å². The molecule has 50 heavy (non-hydrogen) atoms. The van der Waals surface area contributed by atoms with E-state index in [0.717, 1.165) is 0 Å². The standard InChI is InChI=1S/C37H61N5O5SSi2/c1-23(2)49(24(3)4,25(5)6)45-21-31-30(47-50(26(7)8,27(9)10)28(11)12)20-32(46-31)42-35-33(34(38)39-22-40-35)36(41-42)48-19-18-44-37(43)29-16-14-13-15-17-29/h13-17,22-28,30-32H,18-21H2,1-12H3,(H2,38,39,40)/t30-,31+,32+/m0/s1. The quantitative estimate of drug-likeness (QED) is 0.0619. The van der Waals surface area contributed by atoms with Crippen molar-refractivity contribution in [2.75, 3.05) is 24.7 Å². The van der Waals surface area contributed by atoms with Gasteiger partial charge in [0.15, 0.2) is 20.2 Å². The van der Waals surface area contributed by atoms with E-state index in [4.69, 9.17) is 29.2 Å². The van der Waals surface area contributed by atoms with Crippen molar-refractivity contribution in [1.29, 1.82) is 0 Å². The maximum Gasteiger partial charge on any atom is 0.338 e. The average molecular weight is 744 g/mol. The summed E-state index contributed by atoms with van der Waals surface area (Å²) in [5.41, 5.74) is 10.2. The van der Waals surface area contributed by atoms with Crippen molar-refractivity contribution < 1.29 is 23.1 Å². The summed E-state index contributed by atoms with van der Waals surface area (Å²) in [6, 6.07) is 8.99. The molecule has 1 saturated heterocycles. The van der Waals surface area contributed by atoms with Crippen LogP contribution in [0.25, 0.3) is 11.0 Å². The van der Waals surface area contributed by atoms with Crippen LogP contribution in [0.1, 0.15) is 106 Å². The Morgan fingerprint density at radius 3 is 2.04 bits per heavy atom. The molecule has 0 amide bonds. The van der Waals surface area contributed by atoms with Gasteiger partial charge in [-0.25, -0.2) is 19.4 Å². The molecule has 2 aromatic heterocycles. The number of aromatic nitrogens is 4. The number of rotatable bonds is 17. The van der Waals surface area contributed by atoms with Gasteiger partial charge in [-0.2, -0.15) is 5.10 Å². The van der Waals surface area contributed by atoms with Gasteiger partial charge in [0.05, 0.1) is 23.7 Å². The zero-order valence-corrected chi connectivity index (χ0v) is 35.1. The summed E-state index contributed by atoms with van der Waals surface area (Å²) in [7, 11) is -4.43. The van der Waals surface area contributed by atoms with E-state index in [9.17, 15) is 4.79 Å². The first kappa shape index (κ1) is 40.5. The number of nitrogens with two attached hydrogens (primary N) is 1. The number of carbonyl (C=O) groups is 1. The monoisotopic (exact) mass is 743 g/mol.